The highest BCUT2D eigenvalue weighted by Gasteiger charge is 2.23. The Bertz CT molecular complexity index is 1770. The molecule has 3 aromatic rings. The van der Waals surface area contributed by atoms with Crippen LogP contribution in [0.4, 0.5) is 27.1 Å². The summed E-state index contributed by atoms with van der Waals surface area (Å²) in [6.07, 6.45) is 25.5. The number of nitro groups is 1. The molecule has 6 aliphatic rings. The Hall–Kier alpha value is -4.51. The molecule has 9 rings (SSSR count). The molecule has 0 aromatic heterocycles. The number of piperazine rings is 3. The van der Waals surface area contributed by atoms with Crippen molar-refractivity contribution in [3.8, 4) is 0 Å². The summed E-state index contributed by atoms with van der Waals surface area (Å²) >= 11 is 0. The van der Waals surface area contributed by atoms with E-state index >= 15 is 0 Å². The fourth-order valence-electron chi connectivity index (χ4n) is 9.92. The van der Waals surface area contributed by atoms with E-state index in [9.17, 15) is 14.5 Å². The second-order valence-corrected chi connectivity index (χ2v) is 18.4. The predicted octanol–water partition coefficient (Wildman–Crippen LogP) is 9.85. The largest absolute Gasteiger partial charge is 0.369 e. The molecular weight excluding hydrogens is 774 g/mol. The van der Waals surface area contributed by atoms with Crippen molar-refractivity contribution < 1.29 is 9.31 Å². The minimum Gasteiger partial charge on any atom is -0.369 e. The lowest BCUT2D eigenvalue weighted by Gasteiger charge is -2.38. The molecule has 3 heterocycles. The molecule has 9 nitrogen and oxygen atoms in total. The Kier molecular flexibility index (Phi) is 17.5. The summed E-state index contributed by atoms with van der Waals surface area (Å²) < 4.78 is 12.9. The van der Waals surface area contributed by atoms with Gasteiger partial charge in [0.25, 0.3) is 5.69 Å². The van der Waals surface area contributed by atoms with Gasteiger partial charge in [-0.05, 0) is 131 Å². The van der Waals surface area contributed by atoms with E-state index in [1.807, 2.05) is 24.3 Å². The van der Waals surface area contributed by atoms with Crippen LogP contribution in [0.15, 0.2) is 109 Å². The van der Waals surface area contributed by atoms with Crippen LogP contribution in [0.2, 0.25) is 0 Å². The van der Waals surface area contributed by atoms with Crippen LogP contribution < -0.4 is 14.7 Å². The second-order valence-electron chi connectivity index (χ2n) is 18.4. The lowest BCUT2D eigenvalue weighted by Crippen LogP contribution is -2.47. The zero-order valence-electron chi connectivity index (χ0n) is 37.4. The molecule has 334 valence electrons. The first-order valence-corrected chi connectivity index (χ1v) is 23.8. The molecule has 10 heteroatoms. The van der Waals surface area contributed by atoms with Gasteiger partial charge in [0.05, 0.1) is 4.92 Å². The van der Waals surface area contributed by atoms with Crippen LogP contribution in [-0.2, 0) is 0 Å². The van der Waals surface area contributed by atoms with Gasteiger partial charge in [0.1, 0.15) is 5.82 Å². The average molecular weight is 846 g/mol. The molecule has 0 radical (unpaired) electrons. The lowest BCUT2D eigenvalue weighted by atomic mass is 9.94. The predicted molar refractivity (Wildman–Crippen MR) is 256 cm³/mol. The molecule has 0 N–H and O–H groups in total. The summed E-state index contributed by atoms with van der Waals surface area (Å²) in [4.78, 5) is 25.4. The topological polar surface area (TPSA) is 62.6 Å². The number of allylic oxidation sites excluding steroid dienone is 6. The van der Waals surface area contributed by atoms with Gasteiger partial charge in [-0.2, -0.15) is 0 Å². The van der Waals surface area contributed by atoms with Crippen LogP contribution in [0, 0.1) is 40.6 Å². The third-order valence-corrected chi connectivity index (χ3v) is 13.8. The van der Waals surface area contributed by atoms with Gasteiger partial charge in [-0.15, -0.1) is 0 Å². The third-order valence-electron chi connectivity index (χ3n) is 13.8. The Morgan fingerprint density at radius 2 is 0.806 bits per heavy atom. The SMILES string of the molecule is Cc1ccc(N2CCN(CC3CC=CCC3)CC2)cc1.Fc1ccc(N2CCN(CC3CC=CCC3)CC2)cc1.O=[N+]([O-])c1ccc(N2CCN(CC3CC=CCC3)CC2)cc1. The Morgan fingerprint density at radius 3 is 1.11 bits per heavy atom. The molecule has 0 bridgehead atoms. The first-order valence-electron chi connectivity index (χ1n) is 23.8. The van der Waals surface area contributed by atoms with Gasteiger partial charge in [-0.25, -0.2) is 4.39 Å². The standard InChI is InChI=1S/C18H26N2.C17H23FN2.C17H23N3O2/c1-16-7-9-18(10-8-16)20-13-11-19(12-14-20)15-17-5-3-2-4-6-17;18-16-6-8-17(9-7-16)20-12-10-19(11-13-20)14-15-4-2-1-3-5-15;21-20(22)17-8-6-16(7-9-17)19-12-10-18(11-13-19)14-15-4-2-1-3-5-15/h2-3,7-10,17H,4-6,11-15H2,1H3;1-2,6-9,15H,3-5,10-14H2;1-2,6-9,15H,3-5,10-14H2. The number of benzene rings is 3. The van der Waals surface area contributed by atoms with Crippen molar-refractivity contribution in [1.82, 2.24) is 14.7 Å². The van der Waals surface area contributed by atoms with E-state index in [0.29, 0.717) is 0 Å². The number of non-ortho nitro benzene ring substituents is 1. The molecule has 3 unspecified atom stereocenters. The molecule has 0 amide bonds. The minimum absolute atomic E-state index is 0.155. The van der Waals surface area contributed by atoms with E-state index < -0.39 is 0 Å². The van der Waals surface area contributed by atoms with Crippen LogP contribution in [0.1, 0.15) is 63.4 Å². The molecule has 3 saturated heterocycles. The van der Waals surface area contributed by atoms with Crippen LogP contribution in [-0.4, -0.2) is 118 Å². The van der Waals surface area contributed by atoms with Crippen LogP contribution in [0.5, 0.6) is 0 Å². The summed E-state index contributed by atoms with van der Waals surface area (Å²) in [5.74, 6) is 2.40. The maximum absolute atomic E-state index is 12.9. The first kappa shape index (κ1) is 45.5. The number of anilines is 3. The van der Waals surface area contributed by atoms with E-state index in [4.69, 9.17) is 0 Å². The third kappa shape index (κ3) is 14.3. The number of rotatable bonds is 10. The maximum atomic E-state index is 12.9. The smallest absolute Gasteiger partial charge is 0.269 e. The highest BCUT2D eigenvalue weighted by molar-refractivity contribution is 5.51. The number of hydrogen-bond acceptors (Lipinski definition) is 8. The highest BCUT2D eigenvalue weighted by Crippen LogP contribution is 2.25. The number of aryl methyl sites for hydroxylation is 1. The average Bonchev–Trinajstić information content (AvgIpc) is 3.32. The van der Waals surface area contributed by atoms with E-state index in [0.717, 1.165) is 81.5 Å². The zero-order chi connectivity index (χ0) is 42.9. The lowest BCUT2D eigenvalue weighted by molar-refractivity contribution is -0.384. The summed E-state index contributed by atoms with van der Waals surface area (Å²) in [6, 6.07) is 22.7. The van der Waals surface area contributed by atoms with Crippen LogP contribution in [0.3, 0.4) is 0 Å². The quantitative estimate of drug-likeness (QED) is 0.114. The number of nitro benzene ring substituents is 1. The monoisotopic (exact) mass is 846 g/mol. The molecule has 3 atom stereocenters. The second kappa shape index (κ2) is 23.8. The van der Waals surface area contributed by atoms with Gasteiger partial charge < -0.3 is 14.7 Å². The molecule has 0 spiro atoms. The van der Waals surface area contributed by atoms with Crippen molar-refractivity contribution in [1.29, 1.82) is 0 Å². The van der Waals surface area contributed by atoms with Gasteiger partial charge in [0.15, 0.2) is 0 Å². The zero-order valence-corrected chi connectivity index (χ0v) is 37.4. The molecular formula is C52H72FN7O2. The fourth-order valence-corrected chi connectivity index (χ4v) is 9.92. The summed E-state index contributed by atoms with van der Waals surface area (Å²) in [7, 11) is 0. The Labute approximate surface area is 371 Å². The van der Waals surface area contributed by atoms with E-state index in [2.05, 4.69) is 97.0 Å². The van der Waals surface area contributed by atoms with Crippen LogP contribution >= 0.6 is 0 Å². The Balaban J connectivity index is 0.000000140. The van der Waals surface area contributed by atoms with Gasteiger partial charge in [0.2, 0.25) is 0 Å². The van der Waals surface area contributed by atoms with E-state index in [1.54, 1.807) is 24.3 Å². The highest BCUT2D eigenvalue weighted by atomic mass is 19.1. The molecule has 3 aliphatic carbocycles. The molecule has 3 aliphatic heterocycles. The normalized spacial score (nSPS) is 23.6. The van der Waals surface area contributed by atoms with Gasteiger partial charge >= 0.3 is 0 Å². The van der Waals surface area contributed by atoms with Gasteiger partial charge in [-0.1, -0.05) is 54.2 Å². The van der Waals surface area contributed by atoms with E-state index in [-0.39, 0.29) is 16.4 Å². The number of nitrogens with zero attached hydrogens (tertiary/aromatic N) is 7. The molecule has 3 aromatic carbocycles. The molecule has 62 heavy (non-hydrogen) atoms. The van der Waals surface area contributed by atoms with Crippen molar-refractivity contribution in [2.24, 2.45) is 17.8 Å². The Morgan fingerprint density at radius 1 is 0.484 bits per heavy atom. The first-order chi connectivity index (χ1) is 30.3. The number of halogens is 1. The van der Waals surface area contributed by atoms with Crippen molar-refractivity contribution in [2.75, 3.05) is 113 Å². The maximum Gasteiger partial charge on any atom is 0.269 e. The van der Waals surface area contributed by atoms with Crippen molar-refractivity contribution in [3.05, 3.63) is 131 Å². The minimum atomic E-state index is -0.347. The van der Waals surface area contributed by atoms with Gasteiger partial charge in [0, 0.05) is 127 Å². The van der Waals surface area contributed by atoms with Crippen LogP contribution in [0.25, 0.3) is 0 Å². The van der Waals surface area contributed by atoms with E-state index in [1.165, 1.54) is 115 Å². The number of hydrogen-bond donors (Lipinski definition) is 0. The molecule has 0 saturated carbocycles. The summed E-state index contributed by atoms with van der Waals surface area (Å²) in [6.45, 7) is 19.2. The molecule has 3 fully saturated rings. The fraction of sp³-hybridized carbons (Fsp3) is 0.538. The summed E-state index contributed by atoms with van der Waals surface area (Å²) in [5, 5.41) is 10.7. The summed E-state index contributed by atoms with van der Waals surface area (Å²) in [5.41, 5.74) is 5.12. The van der Waals surface area contributed by atoms with Crippen molar-refractivity contribution in [2.45, 2.75) is 64.7 Å². The van der Waals surface area contributed by atoms with Gasteiger partial charge in [-0.3, -0.25) is 24.8 Å². The van der Waals surface area contributed by atoms with Crippen molar-refractivity contribution in [3.63, 3.8) is 0 Å². The van der Waals surface area contributed by atoms with Crippen molar-refractivity contribution >= 4 is 22.7 Å².